The number of nitrogens with two attached hydrogens (primary N) is 2. The molecule has 4 heterocycles. The molecule has 4 atom stereocenters. The first-order chi connectivity index (χ1) is 46.9. The van der Waals surface area contributed by atoms with Gasteiger partial charge in [-0.1, -0.05) is 50.2 Å². The number of benzene rings is 6. The largest absolute Gasteiger partial charge is 1.00 e. The third-order valence-corrected chi connectivity index (χ3v) is 17.9. The molecule has 10 aromatic rings. The predicted molar refractivity (Wildman–Crippen MR) is 346 cm³/mol. The number of aliphatic carboxylic acids is 1. The average molecular weight is 1480 g/mol. The highest BCUT2D eigenvalue weighted by Gasteiger charge is 2.45. The highest BCUT2D eigenvalue weighted by atomic mass is 79.9. The van der Waals surface area contributed by atoms with Gasteiger partial charge in [-0.3, -0.25) is 9.59 Å². The smallest absolute Gasteiger partial charge is 0.430 e. The van der Waals surface area contributed by atoms with Crippen molar-refractivity contribution in [1.29, 1.82) is 10.5 Å². The normalized spacial score (nSPS) is 12.9. The van der Waals surface area contributed by atoms with Crippen LogP contribution in [0.4, 0.5) is 30.7 Å². The molecule has 0 saturated carbocycles. The van der Waals surface area contributed by atoms with Crippen LogP contribution in [0.1, 0.15) is 104 Å². The summed E-state index contributed by atoms with van der Waals surface area (Å²) < 4.78 is 108. The van der Waals surface area contributed by atoms with Crippen molar-refractivity contribution in [2.75, 3.05) is 13.1 Å². The molecule has 10 rings (SSSR count). The number of ether oxygens (including phenoxy) is 2. The zero-order valence-electron chi connectivity index (χ0n) is 54.5. The van der Waals surface area contributed by atoms with Crippen LogP contribution < -0.4 is 52.2 Å². The number of carbonyl (C=O) groups is 3. The van der Waals surface area contributed by atoms with Gasteiger partial charge in [-0.2, -0.15) is 23.7 Å². The van der Waals surface area contributed by atoms with Crippen molar-refractivity contribution < 1.29 is 96.0 Å². The Morgan fingerprint density at radius 2 is 0.940 bits per heavy atom. The number of nitriles is 2. The Morgan fingerprint density at radius 1 is 0.600 bits per heavy atom. The summed E-state index contributed by atoms with van der Waals surface area (Å²) in [5.41, 5.74) is 16.1. The first kappa shape index (κ1) is 77.4. The lowest BCUT2D eigenvalue weighted by Crippen LogP contribution is -3.00. The van der Waals surface area contributed by atoms with Gasteiger partial charge < -0.3 is 58.0 Å². The number of halogens is 8. The Balaban J connectivity index is 0.000000254. The van der Waals surface area contributed by atoms with Crippen LogP contribution in [-0.4, -0.2) is 76.9 Å². The minimum atomic E-state index is -5.19. The van der Waals surface area contributed by atoms with Crippen LogP contribution in [0.5, 0.6) is 11.5 Å². The van der Waals surface area contributed by atoms with E-state index in [-0.39, 0.29) is 79.1 Å². The highest BCUT2D eigenvalue weighted by molar-refractivity contribution is 7.10. The van der Waals surface area contributed by atoms with Crippen molar-refractivity contribution in [2.24, 2.45) is 11.5 Å². The summed E-state index contributed by atoms with van der Waals surface area (Å²) in [4.78, 5) is 42.2. The number of nitrogens with zero attached hydrogens (tertiary/aromatic N) is 10. The summed E-state index contributed by atoms with van der Waals surface area (Å²) in [5.74, 6) is -7.48. The van der Waals surface area contributed by atoms with Crippen LogP contribution >= 0.6 is 22.7 Å². The minimum absolute atomic E-state index is 0. The maximum Gasteiger partial charge on any atom is 0.430 e. The number of aliphatic hydroxyl groups is 2. The Kier molecular flexibility index (Phi) is 26.1. The van der Waals surface area contributed by atoms with Crippen LogP contribution in [0.25, 0.3) is 22.5 Å². The van der Waals surface area contributed by atoms with Gasteiger partial charge in [0.25, 0.3) is 12.7 Å². The number of rotatable bonds is 22. The van der Waals surface area contributed by atoms with Crippen LogP contribution in [0.2, 0.25) is 0 Å². The molecular weight excluding hydrogens is 1410 g/mol. The molecule has 0 unspecified atom stereocenters. The van der Waals surface area contributed by atoms with E-state index in [1.54, 1.807) is 87.7 Å². The molecule has 30 heteroatoms. The molecule has 0 amide bonds. The van der Waals surface area contributed by atoms with Crippen LogP contribution in [0.3, 0.4) is 0 Å². The molecule has 100 heavy (non-hydrogen) atoms. The predicted octanol–water partition coefficient (Wildman–Crippen LogP) is 6.41. The molecule has 6 N–H and O–H groups in total. The number of alkyl halides is 3. The summed E-state index contributed by atoms with van der Waals surface area (Å²) in [6, 6.07) is 32.1. The fraction of sp³-hybridized carbons (Fsp3) is 0.271. The van der Waals surface area contributed by atoms with E-state index in [1.165, 1.54) is 44.2 Å². The fourth-order valence-electron chi connectivity index (χ4n) is 10.8. The lowest BCUT2D eigenvalue weighted by Gasteiger charge is -2.32. The molecule has 0 saturated heterocycles. The molecule has 20 nitrogen and oxygen atoms in total. The highest BCUT2D eigenvalue weighted by Crippen LogP contribution is 2.44. The summed E-state index contributed by atoms with van der Waals surface area (Å²) in [7, 11) is 0. The lowest BCUT2D eigenvalue weighted by molar-refractivity contribution is -0.689. The third kappa shape index (κ3) is 19.3. The molecule has 0 fully saturated rings. The standard InChI is InChI=1S/2C34H33F2N6O3S.C2HF3O2.BrH/c2*1-21-12-25(13-22(2)32(21)45-31(43)10-11-37)16-41-19-39-42(20-41)18-34(44,28-9-8-27(35)14-29(28)36)23(3)33-40-30(17-46-33)26-6-4-24(15-38)5-7-26;3-2(4,5)1(6)7;/h2*4-9,12-14,17,19-20,23,44H,10-11,16,18,37H2,1-3H3;(H,6,7);1H/q2*+1;;/p-2/t2*23-,34+;;/m00../s1. The topological polar surface area (TPSA) is 302 Å². The van der Waals surface area contributed by atoms with E-state index in [9.17, 15) is 41.8 Å². The van der Waals surface area contributed by atoms with Gasteiger partial charge in [-0.05, 0) is 122 Å². The van der Waals surface area contributed by atoms with E-state index in [2.05, 4.69) is 22.3 Å². The van der Waals surface area contributed by atoms with Crippen molar-refractivity contribution in [1.82, 2.24) is 29.5 Å². The summed E-state index contributed by atoms with van der Waals surface area (Å²) in [5, 5.41) is 65.1. The Bertz CT molecular complexity index is 4310. The van der Waals surface area contributed by atoms with Crippen molar-refractivity contribution in [2.45, 2.75) is 110 Å². The number of hydrogen-bond donors (Lipinski definition) is 4. The molecule has 0 spiro atoms. The first-order valence-corrected chi connectivity index (χ1v) is 32.1. The molecule has 0 aliphatic heterocycles. The molecule has 6 aromatic carbocycles. The third-order valence-electron chi connectivity index (χ3n) is 15.8. The quantitative estimate of drug-likeness (QED) is 0.0246. The summed E-state index contributed by atoms with van der Waals surface area (Å²) in [6.07, 6.45) is 1.65. The second kappa shape index (κ2) is 33.8. The van der Waals surface area contributed by atoms with Gasteiger partial charge in [-0.15, -0.1) is 32.0 Å². The van der Waals surface area contributed by atoms with Crippen molar-refractivity contribution in [3.8, 4) is 46.2 Å². The first-order valence-electron chi connectivity index (χ1n) is 30.4. The molecular formula is C70H66BrF7N12O8S2. The van der Waals surface area contributed by atoms with E-state index in [4.69, 9.17) is 51.3 Å². The zero-order valence-corrected chi connectivity index (χ0v) is 57.7. The van der Waals surface area contributed by atoms with E-state index in [0.717, 1.165) is 68.8 Å². The van der Waals surface area contributed by atoms with E-state index < -0.39 is 58.5 Å². The van der Waals surface area contributed by atoms with Gasteiger partial charge in [0.2, 0.25) is 12.7 Å². The van der Waals surface area contributed by atoms with Crippen molar-refractivity contribution in [3.05, 3.63) is 234 Å². The summed E-state index contributed by atoms with van der Waals surface area (Å²) >= 11 is 2.63. The minimum Gasteiger partial charge on any atom is -1.00 e. The molecule has 0 bridgehead atoms. The van der Waals surface area contributed by atoms with Crippen LogP contribution in [0.15, 0.2) is 145 Å². The van der Waals surface area contributed by atoms with Crippen molar-refractivity contribution >= 4 is 40.6 Å². The maximum atomic E-state index is 15.3. The lowest BCUT2D eigenvalue weighted by atomic mass is 9.82. The number of esters is 2. The molecule has 0 radical (unpaired) electrons. The monoisotopic (exact) mass is 1480 g/mol. The van der Waals surface area contributed by atoms with Crippen LogP contribution in [0, 0.1) is 73.6 Å². The van der Waals surface area contributed by atoms with E-state index in [1.807, 2.05) is 71.9 Å². The number of carbonyl (C=O) groups excluding carboxylic acids is 3. The zero-order chi connectivity index (χ0) is 72.1. The number of hydrogen-bond acceptors (Lipinski definition) is 18. The number of carboxylic acids is 1. The Hall–Kier alpha value is -9.92. The summed E-state index contributed by atoms with van der Waals surface area (Å²) in [6.45, 7) is 11.9. The van der Waals surface area contributed by atoms with E-state index >= 15 is 8.78 Å². The second-order valence-corrected chi connectivity index (χ2v) is 25.0. The van der Waals surface area contributed by atoms with Gasteiger partial charge in [0.05, 0.1) is 70.6 Å². The van der Waals surface area contributed by atoms with Crippen LogP contribution in [-0.2, 0) is 51.8 Å². The number of carboxylic acid groups (broad SMARTS) is 1. The fourth-order valence-corrected chi connectivity index (χ4v) is 12.7. The van der Waals surface area contributed by atoms with Gasteiger partial charge in [0.15, 0.2) is 0 Å². The van der Waals surface area contributed by atoms with Gasteiger partial charge in [-0.25, -0.2) is 36.7 Å². The maximum absolute atomic E-state index is 15.3. The molecule has 0 aliphatic rings. The Labute approximate surface area is 588 Å². The molecule has 4 aromatic heterocycles. The molecule has 0 aliphatic carbocycles. The number of aryl methyl sites for hydroxylation is 4. The SMILES string of the molecule is Cc1cc(C[n+]2cnn(C[C@](O)(c3ccc(F)cc3F)[C@@H](C)c3nc(-c4ccc(C#N)cc4)cs3)c2)cc(C)c1OC(=O)CCN.Cc1cc(C[n+]2cnn(C[C@](O)(c3ccc(F)cc3F)[C@@H](C)c3nc(-c4ccc(C#N)cc4)cs3)c2)cc(C)c1OC(=O)CCN.O=C([O-])C(F)(F)F.[Br-]. The van der Waals surface area contributed by atoms with Gasteiger partial charge in [0.1, 0.15) is 65.0 Å². The molecule has 522 valence electrons. The number of aromatic nitrogens is 8. The van der Waals surface area contributed by atoms with Gasteiger partial charge >= 0.3 is 18.1 Å². The van der Waals surface area contributed by atoms with Gasteiger partial charge in [0, 0.05) is 80.3 Å². The van der Waals surface area contributed by atoms with E-state index in [0.29, 0.717) is 57.1 Å². The number of thiazole rings is 2. The average Bonchev–Trinajstić information content (AvgIpc) is 1.37. The Morgan fingerprint density at radius 3 is 1.24 bits per heavy atom. The second-order valence-electron chi connectivity index (χ2n) is 23.2. The van der Waals surface area contributed by atoms with Crippen molar-refractivity contribution in [3.63, 3.8) is 0 Å².